The summed E-state index contributed by atoms with van der Waals surface area (Å²) in [6.45, 7) is 4.84. The van der Waals surface area contributed by atoms with Gasteiger partial charge in [0.2, 0.25) is 0 Å². The van der Waals surface area contributed by atoms with Gasteiger partial charge in [0.05, 0.1) is 0 Å². The summed E-state index contributed by atoms with van der Waals surface area (Å²) in [5.74, 6) is 4.94. The summed E-state index contributed by atoms with van der Waals surface area (Å²) in [5, 5.41) is 0. The van der Waals surface area contributed by atoms with Gasteiger partial charge in [0.15, 0.2) is 0 Å². The molecule has 0 amide bonds. The zero-order valence-electron chi connectivity index (χ0n) is 8.85. The minimum atomic E-state index is 0. The summed E-state index contributed by atoms with van der Waals surface area (Å²) in [7, 11) is 0. The molecule has 0 spiro atoms. The quantitative estimate of drug-likeness (QED) is 0.424. The van der Waals surface area contributed by atoms with Crippen molar-refractivity contribution < 1.29 is 17.0 Å². The van der Waals surface area contributed by atoms with Crippen LogP contribution < -0.4 is 17.0 Å². The molecule has 0 aromatic rings. The largest absolute Gasteiger partial charge is 2.00 e. The van der Waals surface area contributed by atoms with Gasteiger partial charge in [-0.1, -0.05) is 44.4 Å². The standard InChI is InChI=1S/C11H19.BrH.Mg/c1-8-3-10-5-9(2)6-11(4-8)7-10;;/h8-10H,3-7H2,1-2H3;1H;/q-1;;+2/p-1. The Balaban J connectivity index is 0.000000720. The molecule has 2 rings (SSSR count). The van der Waals surface area contributed by atoms with E-state index in [0.717, 1.165) is 17.8 Å². The first-order valence-electron chi connectivity index (χ1n) is 5.07. The smallest absolute Gasteiger partial charge is 1.00 e. The number of hydrogen-bond acceptors (Lipinski definition) is 0. The molecule has 0 saturated heterocycles. The topological polar surface area (TPSA) is 0 Å². The molecule has 0 aliphatic heterocycles. The second-order valence-electron chi connectivity index (χ2n) is 4.91. The molecule has 2 fully saturated rings. The minimum absolute atomic E-state index is 0. The predicted octanol–water partition coefficient (Wildman–Crippen LogP) is 0.0502. The molecule has 2 heteroatoms. The maximum absolute atomic E-state index is 2.42. The summed E-state index contributed by atoms with van der Waals surface area (Å²) < 4.78 is 0. The Hall–Kier alpha value is 1.25. The first-order valence-corrected chi connectivity index (χ1v) is 5.07. The zero-order valence-corrected chi connectivity index (χ0v) is 11.9. The van der Waals surface area contributed by atoms with Crippen molar-refractivity contribution in [3.63, 3.8) is 0 Å². The van der Waals surface area contributed by atoms with E-state index in [1.54, 1.807) is 0 Å². The average Bonchev–Trinajstić information content (AvgIpc) is 1.82. The molecule has 0 aromatic carbocycles. The van der Waals surface area contributed by atoms with Gasteiger partial charge in [0, 0.05) is 0 Å². The van der Waals surface area contributed by atoms with Crippen LogP contribution in [0.1, 0.15) is 46.0 Å². The fourth-order valence-electron chi connectivity index (χ4n) is 3.21. The Morgan fingerprint density at radius 1 is 0.923 bits per heavy atom. The van der Waals surface area contributed by atoms with Gasteiger partial charge in [-0.25, -0.2) is 0 Å². The third-order valence-corrected chi connectivity index (χ3v) is 3.32. The molecule has 2 bridgehead atoms. The fraction of sp³-hybridized carbons (Fsp3) is 0.909. The third kappa shape index (κ3) is 3.71. The average molecular weight is 255 g/mol. The van der Waals surface area contributed by atoms with Crippen LogP contribution >= 0.6 is 0 Å². The van der Waals surface area contributed by atoms with Crippen molar-refractivity contribution in [2.24, 2.45) is 17.8 Å². The number of hydrogen-bond donors (Lipinski definition) is 0. The molecule has 2 atom stereocenters. The normalized spacial score (nSPS) is 38.8. The molecular formula is C11H19BrMg. The van der Waals surface area contributed by atoms with Crippen molar-refractivity contribution in [1.29, 1.82) is 0 Å². The zero-order chi connectivity index (χ0) is 7.84. The minimum Gasteiger partial charge on any atom is -1.00 e. The second kappa shape index (κ2) is 5.97. The van der Waals surface area contributed by atoms with Gasteiger partial charge in [0.25, 0.3) is 0 Å². The molecular weight excluding hydrogens is 236 g/mol. The molecule has 2 saturated carbocycles. The van der Waals surface area contributed by atoms with E-state index in [1.165, 1.54) is 32.1 Å². The molecule has 13 heavy (non-hydrogen) atoms. The maximum atomic E-state index is 2.42. The second-order valence-corrected chi connectivity index (χ2v) is 4.91. The van der Waals surface area contributed by atoms with Crippen LogP contribution in [0.2, 0.25) is 0 Å². The van der Waals surface area contributed by atoms with E-state index >= 15 is 0 Å². The fourth-order valence-corrected chi connectivity index (χ4v) is 3.21. The Labute approximate surface area is 109 Å². The van der Waals surface area contributed by atoms with Crippen LogP contribution in [0.5, 0.6) is 0 Å². The van der Waals surface area contributed by atoms with Crippen molar-refractivity contribution >= 4 is 23.1 Å². The van der Waals surface area contributed by atoms with Gasteiger partial charge >= 0.3 is 23.1 Å². The Bertz CT molecular complexity index is 116. The van der Waals surface area contributed by atoms with Gasteiger partial charge in [-0.05, 0) is 0 Å². The number of fused-ring (bicyclic) bond motifs is 2. The molecule has 2 aliphatic rings. The Morgan fingerprint density at radius 3 is 1.77 bits per heavy atom. The van der Waals surface area contributed by atoms with Crippen molar-refractivity contribution in [2.45, 2.75) is 46.0 Å². The number of rotatable bonds is 0. The van der Waals surface area contributed by atoms with Gasteiger partial charge in [-0.15, -0.1) is 0 Å². The molecule has 72 valence electrons. The summed E-state index contributed by atoms with van der Waals surface area (Å²) >= 11 is 0. The molecule has 0 nitrogen and oxygen atoms in total. The molecule has 0 N–H and O–H groups in total. The molecule has 0 radical (unpaired) electrons. The van der Waals surface area contributed by atoms with E-state index in [2.05, 4.69) is 13.8 Å². The predicted molar refractivity (Wildman–Crippen MR) is 53.9 cm³/mol. The monoisotopic (exact) mass is 254 g/mol. The molecule has 2 aliphatic carbocycles. The Morgan fingerprint density at radius 2 is 1.38 bits per heavy atom. The summed E-state index contributed by atoms with van der Waals surface area (Å²) in [4.78, 5) is 0. The van der Waals surface area contributed by atoms with Crippen molar-refractivity contribution in [3.05, 3.63) is 5.92 Å². The third-order valence-electron chi connectivity index (χ3n) is 3.32. The van der Waals surface area contributed by atoms with E-state index < -0.39 is 0 Å². The maximum Gasteiger partial charge on any atom is 2.00 e. The first kappa shape index (κ1) is 14.2. The van der Waals surface area contributed by atoms with Gasteiger partial charge in [0.1, 0.15) is 0 Å². The van der Waals surface area contributed by atoms with Crippen LogP contribution in [0.15, 0.2) is 0 Å². The van der Waals surface area contributed by atoms with E-state index in [9.17, 15) is 0 Å². The van der Waals surface area contributed by atoms with Crippen LogP contribution in [0, 0.1) is 23.7 Å². The van der Waals surface area contributed by atoms with E-state index in [-0.39, 0.29) is 40.0 Å². The summed E-state index contributed by atoms with van der Waals surface area (Å²) in [5.41, 5.74) is 0. The Kier molecular flexibility index (Phi) is 6.54. The van der Waals surface area contributed by atoms with E-state index in [4.69, 9.17) is 0 Å². The van der Waals surface area contributed by atoms with Crippen LogP contribution in [0.3, 0.4) is 0 Å². The molecule has 0 heterocycles. The van der Waals surface area contributed by atoms with Crippen molar-refractivity contribution in [3.8, 4) is 0 Å². The number of halogens is 1. The SMILES string of the molecule is CC1C[C-]2CC(C)CC(C2)C1.[Br-].[Mg+2]. The summed E-state index contributed by atoms with van der Waals surface area (Å²) in [6.07, 6.45) is 7.39. The van der Waals surface area contributed by atoms with E-state index in [1.807, 2.05) is 5.92 Å². The van der Waals surface area contributed by atoms with Crippen molar-refractivity contribution in [1.82, 2.24) is 0 Å². The van der Waals surface area contributed by atoms with Crippen LogP contribution in [-0.4, -0.2) is 23.1 Å². The van der Waals surface area contributed by atoms with E-state index in [0.29, 0.717) is 0 Å². The van der Waals surface area contributed by atoms with Crippen LogP contribution in [0.25, 0.3) is 0 Å². The first-order chi connectivity index (χ1) is 5.24. The van der Waals surface area contributed by atoms with Crippen molar-refractivity contribution in [2.75, 3.05) is 0 Å². The van der Waals surface area contributed by atoms with Gasteiger partial charge in [-0.2, -0.15) is 19.3 Å². The van der Waals surface area contributed by atoms with Crippen LogP contribution in [0.4, 0.5) is 0 Å². The molecule has 0 aromatic heterocycles. The van der Waals surface area contributed by atoms with Gasteiger partial charge < -0.3 is 22.9 Å². The summed E-state index contributed by atoms with van der Waals surface area (Å²) in [6, 6.07) is 0. The molecule has 2 unspecified atom stereocenters. The van der Waals surface area contributed by atoms with Gasteiger partial charge in [-0.3, -0.25) is 0 Å². The van der Waals surface area contributed by atoms with Crippen LogP contribution in [-0.2, 0) is 0 Å².